The van der Waals surface area contributed by atoms with Crippen molar-refractivity contribution in [3.8, 4) is 11.5 Å². The van der Waals surface area contributed by atoms with E-state index >= 15 is 0 Å². The highest BCUT2D eigenvalue weighted by Gasteiger charge is 2.22. The summed E-state index contributed by atoms with van der Waals surface area (Å²) >= 11 is 0. The third-order valence-electron chi connectivity index (χ3n) is 3.98. The topological polar surface area (TPSA) is 69.5 Å². The smallest absolute Gasteiger partial charge is 0.231 e. The number of oxime groups is 1. The van der Waals surface area contributed by atoms with Gasteiger partial charge in [-0.3, -0.25) is 0 Å². The molecule has 1 atom stereocenters. The third-order valence-corrected chi connectivity index (χ3v) is 3.98. The summed E-state index contributed by atoms with van der Waals surface area (Å²) in [6.45, 7) is 3.26. The summed E-state index contributed by atoms with van der Waals surface area (Å²) in [7, 11) is 0. The van der Waals surface area contributed by atoms with Crippen LogP contribution in [0.3, 0.4) is 0 Å². The Bertz CT molecular complexity index is 552. The first-order valence-electron chi connectivity index (χ1n) is 7.63. The van der Waals surface area contributed by atoms with Crippen molar-refractivity contribution in [2.45, 2.75) is 38.9 Å². The van der Waals surface area contributed by atoms with E-state index in [1.807, 2.05) is 12.1 Å². The molecule has 0 bridgehead atoms. The molecule has 120 valence electrons. The summed E-state index contributed by atoms with van der Waals surface area (Å²) in [5.74, 6) is 1.44. The van der Waals surface area contributed by atoms with Gasteiger partial charge < -0.3 is 24.2 Å². The molecule has 1 fully saturated rings. The van der Waals surface area contributed by atoms with Gasteiger partial charge in [0.2, 0.25) is 6.79 Å². The molecule has 1 aromatic carbocycles. The van der Waals surface area contributed by atoms with Crippen molar-refractivity contribution in [3.63, 3.8) is 0 Å². The molecule has 6 nitrogen and oxygen atoms in total. The molecule has 0 aliphatic carbocycles. The van der Waals surface area contributed by atoms with Crippen LogP contribution in [0, 0.1) is 0 Å². The molecular formula is C16H21NO5. The van der Waals surface area contributed by atoms with Crippen LogP contribution in [0.25, 0.3) is 0 Å². The number of hydrogen-bond acceptors (Lipinski definition) is 6. The standard InChI is InChI=1S/C16H21NO5/c1-11(17-18)12-5-6-14-16(22-10-21-14)13(12)7-9-20-15-4-2-3-8-19-15/h5-6,15,18H,2-4,7-10H2,1H3. The fourth-order valence-electron chi connectivity index (χ4n) is 2.81. The number of fused-ring (bicyclic) bond motifs is 1. The first-order valence-corrected chi connectivity index (χ1v) is 7.63. The van der Waals surface area contributed by atoms with Crippen LogP contribution in [-0.4, -0.2) is 37.2 Å². The molecule has 1 unspecified atom stereocenters. The predicted molar refractivity (Wildman–Crippen MR) is 79.8 cm³/mol. The zero-order chi connectivity index (χ0) is 15.4. The molecule has 6 heteroatoms. The van der Waals surface area contributed by atoms with Gasteiger partial charge in [-0.05, 0) is 38.3 Å². The number of rotatable bonds is 5. The molecule has 1 saturated heterocycles. The van der Waals surface area contributed by atoms with Crippen molar-refractivity contribution in [2.75, 3.05) is 20.0 Å². The molecule has 2 heterocycles. The van der Waals surface area contributed by atoms with Gasteiger partial charge in [0, 0.05) is 24.2 Å². The Kier molecular flexibility index (Phi) is 4.80. The first-order chi connectivity index (χ1) is 10.8. The van der Waals surface area contributed by atoms with Gasteiger partial charge in [0.05, 0.1) is 12.3 Å². The molecule has 2 aliphatic heterocycles. The summed E-state index contributed by atoms with van der Waals surface area (Å²) < 4.78 is 22.3. The molecule has 0 radical (unpaired) electrons. The molecule has 2 aliphatic rings. The maximum atomic E-state index is 9.06. The minimum Gasteiger partial charge on any atom is -0.454 e. The van der Waals surface area contributed by atoms with Crippen LogP contribution in [0.5, 0.6) is 11.5 Å². The Morgan fingerprint density at radius 2 is 2.27 bits per heavy atom. The average Bonchev–Trinajstić information content (AvgIpc) is 3.04. The van der Waals surface area contributed by atoms with Crippen molar-refractivity contribution in [1.82, 2.24) is 0 Å². The van der Waals surface area contributed by atoms with Gasteiger partial charge in [0.15, 0.2) is 17.8 Å². The first kappa shape index (κ1) is 15.1. The normalized spacial score (nSPS) is 21.1. The van der Waals surface area contributed by atoms with Crippen molar-refractivity contribution < 1.29 is 24.2 Å². The summed E-state index contributed by atoms with van der Waals surface area (Å²) in [5.41, 5.74) is 2.34. The highest BCUT2D eigenvalue weighted by molar-refractivity contribution is 6.00. The van der Waals surface area contributed by atoms with Gasteiger partial charge >= 0.3 is 0 Å². The van der Waals surface area contributed by atoms with Crippen LogP contribution in [0.1, 0.15) is 37.3 Å². The van der Waals surface area contributed by atoms with Crippen LogP contribution in [-0.2, 0) is 15.9 Å². The Morgan fingerprint density at radius 3 is 3.05 bits per heavy atom. The largest absolute Gasteiger partial charge is 0.454 e. The van der Waals surface area contributed by atoms with Crippen molar-refractivity contribution >= 4 is 5.71 Å². The molecule has 22 heavy (non-hydrogen) atoms. The van der Waals surface area contributed by atoms with E-state index in [0.29, 0.717) is 24.5 Å². The van der Waals surface area contributed by atoms with Crippen molar-refractivity contribution in [1.29, 1.82) is 0 Å². The lowest BCUT2D eigenvalue weighted by molar-refractivity contribution is -0.161. The van der Waals surface area contributed by atoms with Gasteiger partial charge in [-0.2, -0.15) is 0 Å². The lowest BCUT2D eigenvalue weighted by Crippen LogP contribution is -2.23. The molecule has 3 rings (SSSR count). The van der Waals surface area contributed by atoms with Crippen LogP contribution >= 0.6 is 0 Å². The Hall–Kier alpha value is -1.79. The zero-order valence-corrected chi connectivity index (χ0v) is 12.7. The number of benzene rings is 1. The van der Waals surface area contributed by atoms with Crippen LogP contribution in [0.2, 0.25) is 0 Å². The quantitative estimate of drug-likeness (QED) is 0.514. The van der Waals surface area contributed by atoms with E-state index < -0.39 is 0 Å². The maximum absolute atomic E-state index is 9.06. The van der Waals surface area contributed by atoms with E-state index in [1.165, 1.54) is 0 Å². The molecule has 0 spiro atoms. The summed E-state index contributed by atoms with van der Waals surface area (Å²) in [6, 6.07) is 3.72. The monoisotopic (exact) mass is 307 g/mol. The number of ether oxygens (including phenoxy) is 4. The Labute approximate surface area is 129 Å². The van der Waals surface area contributed by atoms with E-state index in [-0.39, 0.29) is 13.1 Å². The molecule has 0 saturated carbocycles. The lowest BCUT2D eigenvalue weighted by atomic mass is 9.99. The van der Waals surface area contributed by atoms with Gasteiger partial charge in [-0.15, -0.1) is 0 Å². The van der Waals surface area contributed by atoms with Gasteiger partial charge in [0.25, 0.3) is 0 Å². The van der Waals surface area contributed by atoms with Gasteiger partial charge in [-0.25, -0.2) is 0 Å². The maximum Gasteiger partial charge on any atom is 0.231 e. The molecular weight excluding hydrogens is 286 g/mol. The summed E-state index contributed by atoms with van der Waals surface area (Å²) in [4.78, 5) is 0. The van der Waals surface area contributed by atoms with Gasteiger partial charge in [-0.1, -0.05) is 5.16 Å². The molecule has 0 aromatic heterocycles. The second-order valence-corrected chi connectivity index (χ2v) is 5.43. The van der Waals surface area contributed by atoms with E-state index in [0.717, 1.165) is 42.7 Å². The van der Waals surface area contributed by atoms with Crippen LogP contribution in [0.4, 0.5) is 0 Å². The second-order valence-electron chi connectivity index (χ2n) is 5.43. The van der Waals surface area contributed by atoms with Crippen molar-refractivity contribution in [2.24, 2.45) is 5.16 Å². The zero-order valence-electron chi connectivity index (χ0n) is 12.7. The number of nitrogens with zero attached hydrogens (tertiary/aromatic N) is 1. The summed E-state index contributed by atoms with van der Waals surface area (Å²) in [5, 5.41) is 12.4. The van der Waals surface area contributed by atoms with Crippen LogP contribution in [0.15, 0.2) is 17.3 Å². The van der Waals surface area contributed by atoms with Crippen molar-refractivity contribution in [3.05, 3.63) is 23.3 Å². The number of hydrogen-bond donors (Lipinski definition) is 1. The fraction of sp³-hybridized carbons (Fsp3) is 0.562. The van der Waals surface area contributed by atoms with Crippen LogP contribution < -0.4 is 9.47 Å². The third kappa shape index (κ3) is 3.18. The molecule has 1 aromatic rings. The SMILES string of the molecule is CC(=NO)c1ccc2c(c1CCOC1CCCCO1)OCO2. The Morgan fingerprint density at radius 1 is 1.36 bits per heavy atom. The van der Waals surface area contributed by atoms with Gasteiger partial charge in [0.1, 0.15) is 0 Å². The Balaban J connectivity index is 1.72. The van der Waals surface area contributed by atoms with E-state index in [1.54, 1.807) is 6.92 Å². The highest BCUT2D eigenvalue weighted by atomic mass is 16.7. The fourth-order valence-corrected chi connectivity index (χ4v) is 2.81. The van der Waals surface area contributed by atoms with E-state index in [2.05, 4.69) is 5.16 Å². The van der Waals surface area contributed by atoms with E-state index in [4.69, 9.17) is 24.2 Å². The molecule has 1 N–H and O–H groups in total. The predicted octanol–water partition coefficient (Wildman–Crippen LogP) is 2.70. The minimum atomic E-state index is -0.112. The summed E-state index contributed by atoms with van der Waals surface area (Å²) in [6.07, 6.45) is 3.72. The van der Waals surface area contributed by atoms with E-state index in [9.17, 15) is 0 Å². The second kappa shape index (κ2) is 6.98. The highest BCUT2D eigenvalue weighted by Crippen LogP contribution is 2.38. The lowest BCUT2D eigenvalue weighted by Gasteiger charge is -2.23. The average molecular weight is 307 g/mol. The molecule has 0 amide bonds. The minimum absolute atomic E-state index is 0.112.